The van der Waals surface area contributed by atoms with E-state index >= 15 is 0 Å². The summed E-state index contributed by atoms with van der Waals surface area (Å²) < 4.78 is 0. The molecule has 13 heavy (non-hydrogen) atoms. The molecule has 2 nitrogen and oxygen atoms in total. The lowest BCUT2D eigenvalue weighted by Crippen LogP contribution is -2.33. The lowest BCUT2D eigenvalue weighted by atomic mass is 9.82. The predicted molar refractivity (Wildman–Crippen MR) is 53.0 cm³/mol. The Morgan fingerprint density at radius 3 is 2.62 bits per heavy atom. The van der Waals surface area contributed by atoms with Crippen LogP contribution in [0.25, 0.3) is 0 Å². The van der Waals surface area contributed by atoms with Crippen molar-refractivity contribution in [1.82, 2.24) is 5.32 Å². The number of rotatable bonds is 2. The summed E-state index contributed by atoms with van der Waals surface area (Å²) in [7, 11) is 0. The third kappa shape index (κ3) is 3.10. The lowest BCUT2D eigenvalue weighted by molar-refractivity contribution is -0.125. The summed E-state index contributed by atoms with van der Waals surface area (Å²) in [5.41, 5.74) is 0. The van der Waals surface area contributed by atoms with E-state index in [1.165, 1.54) is 12.8 Å². The minimum Gasteiger partial charge on any atom is -0.345 e. The van der Waals surface area contributed by atoms with Gasteiger partial charge in [0.1, 0.15) is 0 Å². The second-order valence-corrected chi connectivity index (χ2v) is 3.88. The maximum atomic E-state index is 11.5. The van der Waals surface area contributed by atoms with Gasteiger partial charge in [0.25, 0.3) is 0 Å². The van der Waals surface area contributed by atoms with Crippen LogP contribution < -0.4 is 5.32 Å². The Labute approximate surface area is 80.1 Å². The van der Waals surface area contributed by atoms with Gasteiger partial charge in [-0.05, 0) is 31.6 Å². The van der Waals surface area contributed by atoms with Gasteiger partial charge in [-0.3, -0.25) is 4.79 Å². The molecule has 0 heterocycles. The van der Waals surface area contributed by atoms with E-state index in [-0.39, 0.29) is 11.8 Å². The number of hydrogen-bond acceptors (Lipinski definition) is 1. The SMILES string of the molecule is C#CCNC(=O)C1CCC(C)CC1. The Bertz CT molecular complexity index is 209. The lowest BCUT2D eigenvalue weighted by Gasteiger charge is -2.24. The van der Waals surface area contributed by atoms with Gasteiger partial charge in [-0.25, -0.2) is 0 Å². The zero-order chi connectivity index (χ0) is 9.68. The predicted octanol–water partition coefficient (Wildman–Crippen LogP) is 1.56. The van der Waals surface area contributed by atoms with Crippen LogP contribution in [0.3, 0.4) is 0 Å². The van der Waals surface area contributed by atoms with Crippen molar-refractivity contribution in [3.05, 3.63) is 0 Å². The summed E-state index contributed by atoms with van der Waals surface area (Å²) in [4.78, 5) is 11.5. The van der Waals surface area contributed by atoms with E-state index in [0.29, 0.717) is 6.54 Å². The van der Waals surface area contributed by atoms with Crippen LogP contribution in [0.1, 0.15) is 32.6 Å². The average molecular weight is 179 g/mol. The van der Waals surface area contributed by atoms with Crippen LogP contribution in [0, 0.1) is 24.2 Å². The van der Waals surface area contributed by atoms with Crippen LogP contribution in [0.15, 0.2) is 0 Å². The first kappa shape index (κ1) is 10.1. The molecule has 1 aliphatic rings. The van der Waals surface area contributed by atoms with Crippen molar-refractivity contribution in [1.29, 1.82) is 0 Å². The Kier molecular flexibility index (Phi) is 3.82. The van der Waals surface area contributed by atoms with E-state index < -0.39 is 0 Å². The number of amides is 1. The molecule has 72 valence electrons. The first-order valence-electron chi connectivity index (χ1n) is 4.95. The molecule has 0 atom stereocenters. The molecule has 1 saturated carbocycles. The quantitative estimate of drug-likeness (QED) is 0.640. The maximum absolute atomic E-state index is 11.5. The Hall–Kier alpha value is -0.970. The van der Waals surface area contributed by atoms with Crippen molar-refractivity contribution in [2.45, 2.75) is 32.6 Å². The maximum Gasteiger partial charge on any atom is 0.223 e. The highest BCUT2D eigenvalue weighted by molar-refractivity contribution is 5.78. The van der Waals surface area contributed by atoms with E-state index in [1.54, 1.807) is 0 Å². The minimum atomic E-state index is 0.143. The van der Waals surface area contributed by atoms with Gasteiger partial charge < -0.3 is 5.32 Å². The van der Waals surface area contributed by atoms with Gasteiger partial charge in [-0.15, -0.1) is 6.42 Å². The first-order chi connectivity index (χ1) is 6.24. The van der Waals surface area contributed by atoms with Gasteiger partial charge in [0, 0.05) is 5.92 Å². The van der Waals surface area contributed by atoms with Crippen molar-refractivity contribution >= 4 is 5.91 Å². The fourth-order valence-electron chi connectivity index (χ4n) is 1.80. The zero-order valence-corrected chi connectivity index (χ0v) is 8.18. The number of carbonyl (C=O) groups excluding carboxylic acids is 1. The van der Waals surface area contributed by atoms with Crippen LogP contribution >= 0.6 is 0 Å². The van der Waals surface area contributed by atoms with Gasteiger partial charge >= 0.3 is 0 Å². The van der Waals surface area contributed by atoms with Crippen LogP contribution in [-0.2, 0) is 4.79 Å². The van der Waals surface area contributed by atoms with Gasteiger partial charge in [-0.2, -0.15) is 0 Å². The van der Waals surface area contributed by atoms with E-state index in [4.69, 9.17) is 6.42 Å². The van der Waals surface area contributed by atoms with Gasteiger partial charge in [-0.1, -0.05) is 12.8 Å². The second kappa shape index (κ2) is 4.91. The highest BCUT2D eigenvalue weighted by Crippen LogP contribution is 2.28. The van der Waals surface area contributed by atoms with Crippen LogP contribution in [0.2, 0.25) is 0 Å². The number of terminal acetylenes is 1. The summed E-state index contributed by atoms with van der Waals surface area (Å²) in [5, 5.41) is 2.74. The largest absolute Gasteiger partial charge is 0.345 e. The van der Waals surface area contributed by atoms with Crippen LogP contribution in [-0.4, -0.2) is 12.5 Å². The standard InChI is InChI=1S/C11H17NO/c1-3-8-12-11(13)10-6-4-9(2)5-7-10/h1,9-10H,4-8H2,2H3,(H,12,13). The molecule has 0 aromatic rings. The summed E-state index contributed by atoms with van der Waals surface area (Å²) in [5.74, 6) is 3.56. The highest BCUT2D eigenvalue weighted by Gasteiger charge is 2.23. The molecule has 1 fully saturated rings. The molecule has 0 saturated heterocycles. The summed E-state index contributed by atoms with van der Waals surface area (Å²) >= 11 is 0. The Morgan fingerprint density at radius 1 is 1.46 bits per heavy atom. The van der Waals surface area contributed by atoms with Crippen LogP contribution in [0.4, 0.5) is 0 Å². The number of hydrogen-bond donors (Lipinski definition) is 1. The monoisotopic (exact) mass is 179 g/mol. The topological polar surface area (TPSA) is 29.1 Å². The summed E-state index contributed by atoms with van der Waals surface area (Å²) in [6.45, 7) is 2.61. The summed E-state index contributed by atoms with van der Waals surface area (Å²) in [6.07, 6.45) is 9.46. The first-order valence-corrected chi connectivity index (χ1v) is 4.95. The fourth-order valence-corrected chi connectivity index (χ4v) is 1.80. The molecule has 1 aliphatic carbocycles. The minimum absolute atomic E-state index is 0.143. The summed E-state index contributed by atoms with van der Waals surface area (Å²) in [6, 6.07) is 0. The van der Waals surface area contributed by atoms with E-state index in [2.05, 4.69) is 18.2 Å². The van der Waals surface area contributed by atoms with Crippen molar-refractivity contribution in [3.63, 3.8) is 0 Å². The fraction of sp³-hybridized carbons (Fsp3) is 0.727. The van der Waals surface area contributed by atoms with Gasteiger partial charge in [0.05, 0.1) is 6.54 Å². The molecule has 0 bridgehead atoms. The molecular formula is C11H17NO. The van der Waals surface area contributed by atoms with Crippen molar-refractivity contribution < 1.29 is 4.79 Å². The van der Waals surface area contributed by atoms with Crippen molar-refractivity contribution in [3.8, 4) is 12.3 Å². The Morgan fingerprint density at radius 2 is 2.08 bits per heavy atom. The molecular weight excluding hydrogens is 162 g/mol. The molecule has 1 amide bonds. The third-order valence-electron chi connectivity index (χ3n) is 2.75. The van der Waals surface area contributed by atoms with E-state index in [0.717, 1.165) is 18.8 Å². The van der Waals surface area contributed by atoms with Gasteiger partial charge in [0.15, 0.2) is 0 Å². The second-order valence-electron chi connectivity index (χ2n) is 3.88. The smallest absolute Gasteiger partial charge is 0.223 e. The Balaban J connectivity index is 2.28. The molecule has 0 spiro atoms. The van der Waals surface area contributed by atoms with Gasteiger partial charge in [0.2, 0.25) is 5.91 Å². The molecule has 2 heteroatoms. The highest BCUT2D eigenvalue weighted by atomic mass is 16.1. The van der Waals surface area contributed by atoms with Crippen LogP contribution in [0.5, 0.6) is 0 Å². The molecule has 0 radical (unpaired) electrons. The molecule has 1 rings (SSSR count). The molecule has 0 unspecified atom stereocenters. The zero-order valence-electron chi connectivity index (χ0n) is 8.18. The normalized spacial score (nSPS) is 27.7. The number of carbonyl (C=O) groups is 1. The van der Waals surface area contributed by atoms with E-state index in [1.807, 2.05) is 0 Å². The average Bonchev–Trinajstić information content (AvgIpc) is 2.15. The van der Waals surface area contributed by atoms with Crippen molar-refractivity contribution in [2.75, 3.05) is 6.54 Å². The van der Waals surface area contributed by atoms with E-state index in [9.17, 15) is 4.79 Å². The third-order valence-corrected chi connectivity index (χ3v) is 2.75. The molecule has 0 aromatic carbocycles. The molecule has 1 N–H and O–H groups in total. The number of nitrogens with one attached hydrogen (secondary N) is 1. The molecule has 0 aromatic heterocycles. The molecule has 0 aliphatic heterocycles. The van der Waals surface area contributed by atoms with Crippen molar-refractivity contribution in [2.24, 2.45) is 11.8 Å².